The summed E-state index contributed by atoms with van der Waals surface area (Å²) in [6.07, 6.45) is 0. The second-order valence-corrected chi connectivity index (χ2v) is 5.69. The Kier molecular flexibility index (Phi) is 5.73. The second kappa shape index (κ2) is 8.56. The fourth-order valence-corrected chi connectivity index (χ4v) is 2.38. The SMILES string of the molecule is CC(=O)c1cccc(NC(=O)NCCNc2nnnn2-c2ccccc2)c1. The molecule has 0 saturated carbocycles. The van der Waals surface area contributed by atoms with E-state index in [-0.39, 0.29) is 11.8 Å². The van der Waals surface area contributed by atoms with Crippen molar-refractivity contribution < 1.29 is 9.59 Å². The molecule has 0 radical (unpaired) electrons. The molecule has 27 heavy (non-hydrogen) atoms. The predicted octanol–water partition coefficient (Wildman–Crippen LogP) is 2.10. The van der Waals surface area contributed by atoms with Crippen LogP contribution in [0.4, 0.5) is 16.4 Å². The van der Waals surface area contributed by atoms with Crippen molar-refractivity contribution in [3.8, 4) is 5.69 Å². The molecule has 0 aliphatic heterocycles. The highest BCUT2D eigenvalue weighted by molar-refractivity contribution is 5.96. The number of nitrogens with zero attached hydrogens (tertiary/aromatic N) is 4. The number of rotatable bonds is 7. The zero-order valence-corrected chi connectivity index (χ0v) is 14.7. The van der Waals surface area contributed by atoms with E-state index in [0.29, 0.717) is 30.3 Å². The molecule has 0 unspecified atom stereocenters. The van der Waals surface area contributed by atoms with E-state index in [4.69, 9.17) is 0 Å². The lowest BCUT2D eigenvalue weighted by atomic mass is 10.1. The molecule has 1 aromatic heterocycles. The van der Waals surface area contributed by atoms with Crippen molar-refractivity contribution in [3.05, 3.63) is 60.2 Å². The minimum absolute atomic E-state index is 0.0561. The maximum atomic E-state index is 12.0. The zero-order valence-electron chi connectivity index (χ0n) is 14.7. The lowest BCUT2D eigenvalue weighted by Crippen LogP contribution is -2.33. The number of aromatic nitrogens is 4. The van der Waals surface area contributed by atoms with Crippen LogP contribution in [0.15, 0.2) is 54.6 Å². The maximum Gasteiger partial charge on any atom is 0.319 e. The minimum Gasteiger partial charge on any atom is -0.351 e. The summed E-state index contributed by atoms with van der Waals surface area (Å²) in [6, 6.07) is 15.9. The van der Waals surface area contributed by atoms with E-state index in [1.807, 2.05) is 30.3 Å². The fraction of sp³-hybridized carbons (Fsp3) is 0.167. The van der Waals surface area contributed by atoms with Gasteiger partial charge in [-0.1, -0.05) is 35.4 Å². The first-order chi connectivity index (χ1) is 13.1. The Bertz CT molecular complexity index is 924. The van der Waals surface area contributed by atoms with Gasteiger partial charge >= 0.3 is 6.03 Å². The molecule has 0 saturated heterocycles. The monoisotopic (exact) mass is 365 g/mol. The number of anilines is 2. The molecule has 0 spiro atoms. The van der Waals surface area contributed by atoms with Crippen LogP contribution >= 0.6 is 0 Å². The molecule has 2 amide bonds. The van der Waals surface area contributed by atoms with E-state index in [1.165, 1.54) is 6.92 Å². The Morgan fingerprint density at radius 1 is 1.04 bits per heavy atom. The highest BCUT2D eigenvalue weighted by Gasteiger charge is 2.08. The Balaban J connectivity index is 1.47. The number of hydrogen-bond donors (Lipinski definition) is 3. The van der Waals surface area contributed by atoms with Crippen LogP contribution in [0.1, 0.15) is 17.3 Å². The summed E-state index contributed by atoms with van der Waals surface area (Å²) in [5.41, 5.74) is 1.93. The molecule has 0 atom stereocenters. The number of carbonyl (C=O) groups is 2. The second-order valence-electron chi connectivity index (χ2n) is 5.69. The summed E-state index contributed by atoms with van der Waals surface area (Å²) in [4.78, 5) is 23.3. The maximum absolute atomic E-state index is 12.0. The van der Waals surface area contributed by atoms with Crippen LogP contribution < -0.4 is 16.0 Å². The summed E-state index contributed by atoms with van der Waals surface area (Å²) >= 11 is 0. The molecule has 0 aliphatic carbocycles. The van der Waals surface area contributed by atoms with Crippen molar-refractivity contribution in [2.24, 2.45) is 0 Å². The summed E-state index contributed by atoms with van der Waals surface area (Å²) in [5.74, 6) is 0.428. The van der Waals surface area contributed by atoms with Gasteiger partial charge in [-0.25, -0.2) is 4.79 Å². The van der Waals surface area contributed by atoms with Gasteiger partial charge in [0.1, 0.15) is 0 Å². The molecular weight excluding hydrogens is 346 g/mol. The Labute approximate surface area is 155 Å². The van der Waals surface area contributed by atoms with Crippen molar-refractivity contribution in [1.82, 2.24) is 25.5 Å². The van der Waals surface area contributed by atoms with Crippen LogP contribution in [-0.2, 0) is 0 Å². The van der Waals surface area contributed by atoms with Crippen LogP contribution in [0.5, 0.6) is 0 Å². The van der Waals surface area contributed by atoms with Gasteiger partial charge in [0, 0.05) is 24.3 Å². The minimum atomic E-state index is -0.361. The Morgan fingerprint density at radius 2 is 1.85 bits per heavy atom. The molecule has 2 aromatic carbocycles. The highest BCUT2D eigenvalue weighted by Crippen LogP contribution is 2.11. The van der Waals surface area contributed by atoms with Crippen molar-refractivity contribution in [2.75, 3.05) is 23.7 Å². The number of nitrogens with one attached hydrogen (secondary N) is 3. The first-order valence-corrected chi connectivity index (χ1v) is 8.37. The standard InChI is InChI=1S/C18H19N7O2/c1-13(26)14-6-5-7-15(12-14)21-18(27)20-11-10-19-17-22-23-24-25(17)16-8-3-2-4-9-16/h2-9,12H,10-11H2,1H3,(H,19,22,24)(H2,20,21,27). The molecule has 138 valence electrons. The van der Waals surface area contributed by atoms with Crippen molar-refractivity contribution in [3.63, 3.8) is 0 Å². The highest BCUT2D eigenvalue weighted by atomic mass is 16.2. The first-order valence-electron chi connectivity index (χ1n) is 8.37. The summed E-state index contributed by atoms with van der Waals surface area (Å²) in [5, 5.41) is 20.0. The molecule has 3 aromatic rings. The van der Waals surface area contributed by atoms with Crippen LogP contribution in [0.2, 0.25) is 0 Å². The van der Waals surface area contributed by atoms with E-state index < -0.39 is 0 Å². The topological polar surface area (TPSA) is 114 Å². The number of Topliss-reactive ketones (excluding diaryl/α,β-unsaturated/α-hetero) is 1. The van der Waals surface area contributed by atoms with Gasteiger partial charge < -0.3 is 16.0 Å². The van der Waals surface area contributed by atoms with Crippen molar-refractivity contribution in [1.29, 1.82) is 0 Å². The zero-order chi connectivity index (χ0) is 19.1. The van der Waals surface area contributed by atoms with E-state index in [1.54, 1.807) is 28.9 Å². The third kappa shape index (κ3) is 4.88. The molecule has 3 N–H and O–H groups in total. The van der Waals surface area contributed by atoms with Gasteiger partial charge in [-0.2, -0.15) is 4.68 Å². The molecule has 0 fully saturated rings. The molecule has 0 bridgehead atoms. The predicted molar refractivity (Wildman–Crippen MR) is 101 cm³/mol. The van der Waals surface area contributed by atoms with E-state index in [9.17, 15) is 9.59 Å². The van der Waals surface area contributed by atoms with Gasteiger partial charge in [0.15, 0.2) is 5.78 Å². The molecule has 9 heteroatoms. The smallest absolute Gasteiger partial charge is 0.319 e. The van der Waals surface area contributed by atoms with Crippen LogP contribution in [-0.4, -0.2) is 45.1 Å². The average molecular weight is 365 g/mol. The summed E-state index contributed by atoms with van der Waals surface area (Å²) in [7, 11) is 0. The number of ketones is 1. The van der Waals surface area contributed by atoms with Crippen molar-refractivity contribution in [2.45, 2.75) is 6.92 Å². The van der Waals surface area contributed by atoms with E-state index in [0.717, 1.165) is 5.69 Å². The van der Waals surface area contributed by atoms with E-state index >= 15 is 0 Å². The normalized spacial score (nSPS) is 10.3. The third-order valence-electron chi connectivity index (χ3n) is 3.69. The van der Waals surface area contributed by atoms with Gasteiger partial charge in [-0.05, 0) is 41.6 Å². The summed E-state index contributed by atoms with van der Waals surface area (Å²) < 4.78 is 1.58. The lowest BCUT2D eigenvalue weighted by molar-refractivity contribution is 0.101. The van der Waals surface area contributed by atoms with Crippen molar-refractivity contribution >= 4 is 23.5 Å². The van der Waals surface area contributed by atoms with Crippen LogP contribution in [0.3, 0.4) is 0 Å². The molecule has 0 aliphatic rings. The Hall–Kier alpha value is -3.75. The van der Waals surface area contributed by atoms with Gasteiger partial charge in [0.05, 0.1) is 5.69 Å². The Morgan fingerprint density at radius 3 is 2.63 bits per heavy atom. The van der Waals surface area contributed by atoms with Gasteiger partial charge in [-0.3, -0.25) is 4.79 Å². The third-order valence-corrected chi connectivity index (χ3v) is 3.69. The van der Waals surface area contributed by atoms with Gasteiger partial charge in [0.25, 0.3) is 0 Å². The quantitative estimate of drug-likeness (QED) is 0.436. The van der Waals surface area contributed by atoms with Gasteiger partial charge in [0.2, 0.25) is 5.95 Å². The van der Waals surface area contributed by atoms with Crippen LogP contribution in [0, 0.1) is 0 Å². The fourth-order valence-electron chi connectivity index (χ4n) is 2.38. The lowest BCUT2D eigenvalue weighted by Gasteiger charge is -2.10. The number of amides is 2. The number of urea groups is 1. The van der Waals surface area contributed by atoms with Gasteiger partial charge in [-0.15, -0.1) is 0 Å². The number of carbonyl (C=O) groups excluding carboxylic acids is 2. The average Bonchev–Trinajstić information content (AvgIpc) is 3.14. The van der Waals surface area contributed by atoms with Crippen LogP contribution in [0.25, 0.3) is 5.69 Å². The number of hydrogen-bond acceptors (Lipinski definition) is 6. The number of benzene rings is 2. The number of para-hydroxylation sites is 1. The molecule has 9 nitrogen and oxygen atoms in total. The largest absolute Gasteiger partial charge is 0.351 e. The van der Waals surface area contributed by atoms with E-state index in [2.05, 4.69) is 31.5 Å². The molecule has 3 rings (SSSR count). The summed E-state index contributed by atoms with van der Waals surface area (Å²) in [6.45, 7) is 2.28. The first kappa shape index (κ1) is 18.1. The molecule has 1 heterocycles. The number of tetrazole rings is 1. The molecular formula is C18H19N7O2.